The molecule has 0 bridgehead atoms. The highest BCUT2D eigenvalue weighted by molar-refractivity contribution is 5.63. The summed E-state index contributed by atoms with van der Waals surface area (Å²) in [6, 6.07) is 19.2. The van der Waals surface area contributed by atoms with E-state index in [0.29, 0.717) is 0 Å². The molecule has 2 aromatic carbocycles. The minimum atomic E-state index is 0.263. The van der Waals surface area contributed by atoms with Crippen LogP contribution in [0.5, 0.6) is 0 Å². The van der Waals surface area contributed by atoms with Gasteiger partial charge in [0.1, 0.15) is 0 Å². The summed E-state index contributed by atoms with van der Waals surface area (Å²) in [6.07, 6.45) is 6.24. The van der Waals surface area contributed by atoms with Crippen molar-refractivity contribution in [2.24, 2.45) is 0 Å². The van der Waals surface area contributed by atoms with Crippen LogP contribution in [0.3, 0.4) is 0 Å². The van der Waals surface area contributed by atoms with E-state index in [0.717, 1.165) is 12.8 Å². The quantitative estimate of drug-likeness (QED) is 0.337. The van der Waals surface area contributed by atoms with Gasteiger partial charge in [-0.1, -0.05) is 79.9 Å². The van der Waals surface area contributed by atoms with Crippen molar-refractivity contribution in [3.05, 3.63) is 72.8 Å². The molecule has 0 N–H and O–H groups in total. The summed E-state index contributed by atoms with van der Waals surface area (Å²) < 4.78 is 0. The molecule has 0 aliphatic rings. The Morgan fingerprint density at radius 3 is 2.32 bits per heavy atom. The second-order valence-electron chi connectivity index (χ2n) is 5.49. The van der Waals surface area contributed by atoms with Gasteiger partial charge in [0.05, 0.1) is 0 Å². The Kier molecular flexibility index (Phi) is 6.52. The number of unbranched alkanes of at least 4 members (excludes halogenated alkanes) is 2. The van der Waals surface area contributed by atoms with Gasteiger partial charge in [-0.15, -0.1) is 12.5 Å². The molecule has 2 aromatic rings. The van der Waals surface area contributed by atoms with Gasteiger partial charge in [-0.3, -0.25) is 0 Å². The van der Waals surface area contributed by atoms with Gasteiger partial charge in [0.15, 0.2) is 0 Å². The first-order valence-electron chi connectivity index (χ1n) is 8.09. The van der Waals surface area contributed by atoms with E-state index in [1.807, 2.05) is 12.1 Å². The van der Waals surface area contributed by atoms with Crippen molar-refractivity contribution < 1.29 is 0 Å². The second kappa shape index (κ2) is 8.90. The third-order valence-corrected chi connectivity index (χ3v) is 3.75. The molecule has 2 rings (SSSR count). The van der Waals surface area contributed by atoms with Gasteiger partial charge in [0.2, 0.25) is 0 Å². The molecule has 1 atom stereocenters. The summed E-state index contributed by atoms with van der Waals surface area (Å²) in [5, 5.41) is 0. The number of hydrogen-bond acceptors (Lipinski definition) is 0. The van der Waals surface area contributed by atoms with Gasteiger partial charge < -0.3 is 0 Å². The molecule has 0 aliphatic carbocycles. The van der Waals surface area contributed by atoms with E-state index >= 15 is 0 Å². The Labute approximate surface area is 134 Å². The average molecular weight is 288 g/mol. The monoisotopic (exact) mass is 288 g/mol. The molecule has 1 unspecified atom stereocenters. The number of rotatable bonds is 6. The maximum Gasteiger partial charge on any atom is 0.0486 e. The summed E-state index contributed by atoms with van der Waals surface area (Å²) in [4.78, 5) is 0. The summed E-state index contributed by atoms with van der Waals surface area (Å²) in [5.41, 5.74) is 3.78. The Bertz CT molecular complexity index is 623. The van der Waals surface area contributed by atoms with Gasteiger partial charge in [-0.25, -0.2) is 0 Å². The van der Waals surface area contributed by atoms with E-state index in [1.165, 1.54) is 29.5 Å². The van der Waals surface area contributed by atoms with E-state index in [4.69, 9.17) is 0 Å². The third-order valence-electron chi connectivity index (χ3n) is 3.75. The third kappa shape index (κ3) is 4.64. The Morgan fingerprint density at radius 1 is 1.00 bits per heavy atom. The lowest BCUT2D eigenvalue weighted by Gasteiger charge is -2.10. The zero-order chi connectivity index (χ0) is 15.6. The smallest absolute Gasteiger partial charge is 0.0486 e. The van der Waals surface area contributed by atoms with E-state index in [1.54, 1.807) is 0 Å². The highest BCUT2D eigenvalue weighted by atomic mass is 14.1. The highest BCUT2D eigenvalue weighted by Crippen LogP contribution is 2.24. The molecule has 0 nitrogen and oxygen atoms in total. The van der Waals surface area contributed by atoms with Crippen molar-refractivity contribution in [2.45, 2.75) is 38.5 Å². The van der Waals surface area contributed by atoms with Crippen molar-refractivity contribution in [1.29, 1.82) is 0 Å². The minimum absolute atomic E-state index is 0.263. The molecule has 0 aromatic heterocycles. The van der Waals surface area contributed by atoms with E-state index in [9.17, 15) is 0 Å². The van der Waals surface area contributed by atoms with Crippen molar-refractivity contribution in [1.82, 2.24) is 0 Å². The van der Waals surface area contributed by atoms with Gasteiger partial charge in [-0.05, 0) is 29.5 Å². The predicted octanol–water partition coefficient (Wildman–Crippen LogP) is 6.21. The molecule has 0 spiro atoms. The van der Waals surface area contributed by atoms with Crippen LogP contribution in [0.4, 0.5) is 0 Å². The van der Waals surface area contributed by atoms with Crippen LogP contribution in [0.1, 0.15) is 44.1 Å². The zero-order valence-corrected chi connectivity index (χ0v) is 13.4. The van der Waals surface area contributed by atoms with E-state index in [-0.39, 0.29) is 5.92 Å². The first-order chi connectivity index (χ1) is 10.8. The molecule has 0 aliphatic heterocycles. The maximum atomic E-state index is 3.87. The number of hydrogen-bond donors (Lipinski definition) is 0. The first kappa shape index (κ1) is 16.1. The van der Waals surface area contributed by atoms with Gasteiger partial charge in [0.25, 0.3) is 0 Å². The lowest BCUT2D eigenvalue weighted by Crippen LogP contribution is -1.94. The predicted molar refractivity (Wildman–Crippen MR) is 96.7 cm³/mol. The fraction of sp³-hybridized carbons (Fsp3) is 0.273. The van der Waals surface area contributed by atoms with Crippen LogP contribution in [0.2, 0.25) is 0 Å². The van der Waals surface area contributed by atoms with Gasteiger partial charge >= 0.3 is 0 Å². The Hall–Kier alpha value is -2.26. The van der Waals surface area contributed by atoms with Crippen LogP contribution in [-0.2, 0) is 0 Å². The van der Waals surface area contributed by atoms with Crippen molar-refractivity contribution in [2.75, 3.05) is 0 Å². The molecule has 0 radical (unpaired) electrons. The fourth-order valence-electron chi connectivity index (χ4n) is 2.44. The molecule has 0 saturated carbocycles. The molecular formula is C22H24. The van der Waals surface area contributed by atoms with Crippen LogP contribution >= 0.6 is 0 Å². The van der Waals surface area contributed by atoms with Gasteiger partial charge in [-0.2, -0.15) is 0 Å². The Balaban J connectivity index is 2.14. The fourth-order valence-corrected chi connectivity index (χ4v) is 2.44. The number of benzene rings is 2. The molecule has 0 amide bonds. The molecule has 0 heterocycles. The van der Waals surface area contributed by atoms with Crippen LogP contribution in [0, 0.1) is 11.8 Å². The molecule has 0 heteroatoms. The molecule has 112 valence electrons. The minimum Gasteiger partial charge on any atom is -0.103 e. The normalized spacial score (nSPS) is 11.3. The highest BCUT2D eigenvalue weighted by Gasteiger charge is 2.07. The zero-order valence-electron chi connectivity index (χ0n) is 13.4. The van der Waals surface area contributed by atoms with Crippen LogP contribution < -0.4 is 0 Å². The molecule has 22 heavy (non-hydrogen) atoms. The largest absolute Gasteiger partial charge is 0.103 e. The van der Waals surface area contributed by atoms with E-state index < -0.39 is 0 Å². The lowest BCUT2D eigenvalue weighted by molar-refractivity contribution is 0.823. The molecule has 0 fully saturated rings. The average Bonchev–Trinajstić information content (AvgIpc) is 2.59. The second-order valence-corrected chi connectivity index (χ2v) is 5.49. The summed E-state index contributed by atoms with van der Waals surface area (Å²) in [7, 11) is 0. The standard InChI is InChI=1S/C22H24/c1-3-5-6-8-12-19(11-4-2)21-15-17-22(18-16-21)20-13-9-7-10-14-20/h4,7,9-10,13-19H,2-3,5-6,11H2,1H3. The van der Waals surface area contributed by atoms with Crippen molar-refractivity contribution >= 4 is 0 Å². The van der Waals surface area contributed by atoms with Crippen LogP contribution in [-0.4, -0.2) is 0 Å². The van der Waals surface area contributed by atoms with Crippen molar-refractivity contribution in [3.63, 3.8) is 0 Å². The maximum absolute atomic E-state index is 3.87. The SMILES string of the molecule is C=CCC(C#CCCCC)c1ccc(-c2ccccc2)cc1. The first-order valence-corrected chi connectivity index (χ1v) is 8.09. The summed E-state index contributed by atoms with van der Waals surface area (Å²) >= 11 is 0. The summed E-state index contributed by atoms with van der Waals surface area (Å²) in [5.74, 6) is 6.99. The Morgan fingerprint density at radius 2 is 1.68 bits per heavy atom. The van der Waals surface area contributed by atoms with Gasteiger partial charge in [0, 0.05) is 12.3 Å². The topological polar surface area (TPSA) is 0 Å². The van der Waals surface area contributed by atoms with E-state index in [2.05, 4.69) is 73.9 Å². The van der Waals surface area contributed by atoms with Crippen molar-refractivity contribution in [3.8, 4) is 23.0 Å². The van der Waals surface area contributed by atoms with Crippen LogP contribution in [0.25, 0.3) is 11.1 Å². The van der Waals surface area contributed by atoms with Crippen LogP contribution in [0.15, 0.2) is 67.3 Å². The summed E-state index contributed by atoms with van der Waals surface area (Å²) in [6.45, 7) is 6.07. The lowest BCUT2D eigenvalue weighted by atomic mass is 9.94. The number of allylic oxidation sites excluding steroid dienone is 1. The molecule has 0 saturated heterocycles. The molecular weight excluding hydrogens is 264 g/mol.